The molecule has 0 saturated carbocycles. The van der Waals surface area contributed by atoms with E-state index in [4.69, 9.17) is 4.74 Å². The highest BCUT2D eigenvalue weighted by Gasteiger charge is 2.19. The van der Waals surface area contributed by atoms with Crippen LogP contribution in [-0.2, 0) is 0 Å². The minimum absolute atomic E-state index is 0.0235. The number of hydrogen-bond donors (Lipinski definition) is 0. The molecule has 0 atom stereocenters. The highest BCUT2D eigenvalue weighted by molar-refractivity contribution is 14.1. The van der Waals surface area contributed by atoms with Crippen LogP contribution in [0.1, 0.15) is 32.6 Å². The van der Waals surface area contributed by atoms with Crippen molar-refractivity contribution in [2.45, 2.75) is 20.8 Å². The molecule has 2 aromatic rings. The van der Waals surface area contributed by atoms with Crippen molar-refractivity contribution in [1.29, 1.82) is 0 Å². The predicted molar refractivity (Wildman–Crippen MR) is 89.8 cm³/mol. The number of carbonyl (C=O) groups is 1. The molecule has 0 amide bonds. The summed E-state index contributed by atoms with van der Waals surface area (Å²) in [5.74, 6) is 0.644. The third-order valence-electron chi connectivity index (χ3n) is 3.31. The SMILES string of the molecule is COc1ccc(I)cc1C(=O)c1c(C)cc(C)cc1C. The van der Waals surface area contributed by atoms with E-state index in [0.29, 0.717) is 11.3 Å². The molecule has 2 aromatic carbocycles. The van der Waals surface area contributed by atoms with Crippen LogP contribution in [0.15, 0.2) is 30.3 Å². The van der Waals surface area contributed by atoms with Crippen LogP contribution in [0.5, 0.6) is 5.75 Å². The summed E-state index contributed by atoms with van der Waals surface area (Å²) in [6.45, 7) is 6.00. The van der Waals surface area contributed by atoms with Crippen LogP contribution in [-0.4, -0.2) is 12.9 Å². The molecule has 0 unspecified atom stereocenters. The molecule has 104 valence electrons. The van der Waals surface area contributed by atoms with Crippen LogP contribution in [0.4, 0.5) is 0 Å². The van der Waals surface area contributed by atoms with Crippen molar-refractivity contribution in [1.82, 2.24) is 0 Å². The highest BCUT2D eigenvalue weighted by Crippen LogP contribution is 2.27. The summed E-state index contributed by atoms with van der Waals surface area (Å²) in [7, 11) is 1.59. The number of benzene rings is 2. The van der Waals surface area contributed by atoms with Crippen molar-refractivity contribution in [2.24, 2.45) is 0 Å². The van der Waals surface area contributed by atoms with Gasteiger partial charge in [0.2, 0.25) is 0 Å². The van der Waals surface area contributed by atoms with Crippen LogP contribution in [0.25, 0.3) is 0 Å². The Bertz CT molecular complexity index is 652. The molecule has 20 heavy (non-hydrogen) atoms. The zero-order valence-electron chi connectivity index (χ0n) is 12.1. The van der Waals surface area contributed by atoms with Gasteiger partial charge >= 0.3 is 0 Å². The number of carbonyl (C=O) groups excluding carboxylic acids is 1. The molecule has 0 aliphatic rings. The van der Waals surface area contributed by atoms with Crippen molar-refractivity contribution in [3.05, 3.63) is 61.7 Å². The maximum atomic E-state index is 12.8. The van der Waals surface area contributed by atoms with Gasteiger partial charge in [-0.15, -0.1) is 0 Å². The van der Waals surface area contributed by atoms with Crippen molar-refractivity contribution in [3.8, 4) is 5.75 Å². The van der Waals surface area contributed by atoms with Gasteiger partial charge in [0.1, 0.15) is 5.75 Å². The average Bonchev–Trinajstić information content (AvgIpc) is 2.37. The quantitative estimate of drug-likeness (QED) is 0.581. The summed E-state index contributed by atoms with van der Waals surface area (Å²) >= 11 is 2.21. The van der Waals surface area contributed by atoms with Gasteiger partial charge in [0.05, 0.1) is 12.7 Å². The lowest BCUT2D eigenvalue weighted by atomic mass is 9.93. The van der Waals surface area contributed by atoms with Gasteiger partial charge in [0.15, 0.2) is 5.78 Å². The second-order valence-electron chi connectivity index (χ2n) is 4.95. The average molecular weight is 380 g/mol. The van der Waals surface area contributed by atoms with E-state index < -0.39 is 0 Å². The standard InChI is InChI=1S/C17H17IO2/c1-10-7-11(2)16(12(3)8-10)17(19)14-9-13(18)5-6-15(14)20-4/h5-9H,1-4H3. The van der Waals surface area contributed by atoms with Crippen molar-refractivity contribution < 1.29 is 9.53 Å². The van der Waals surface area contributed by atoms with Crippen LogP contribution in [0.2, 0.25) is 0 Å². The molecule has 0 saturated heterocycles. The Morgan fingerprint density at radius 2 is 1.65 bits per heavy atom. The lowest BCUT2D eigenvalue weighted by molar-refractivity contribution is 0.103. The maximum absolute atomic E-state index is 12.8. The van der Waals surface area contributed by atoms with E-state index in [-0.39, 0.29) is 5.78 Å². The fourth-order valence-corrected chi connectivity index (χ4v) is 3.02. The van der Waals surface area contributed by atoms with Gasteiger partial charge in [-0.1, -0.05) is 17.7 Å². The van der Waals surface area contributed by atoms with Gasteiger partial charge in [0.25, 0.3) is 0 Å². The topological polar surface area (TPSA) is 26.3 Å². The monoisotopic (exact) mass is 380 g/mol. The van der Waals surface area contributed by atoms with Crippen LogP contribution >= 0.6 is 22.6 Å². The van der Waals surface area contributed by atoms with Gasteiger partial charge < -0.3 is 4.74 Å². The molecule has 0 aliphatic heterocycles. The lowest BCUT2D eigenvalue weighted by Gasteiger charge is -2.13. The third kappa shape index (κ3) is 2.87. The smallest absolute Gasteiger partial charge is 0.197 e. The first-order valence-electron chi connectivity index (χ1n) is 6.40. The fraction of sp³-hybridized carbons (Fsp3) is 0.235. The Morgan fingerprint density at radius 1 is 1.05 bits per heavy atom. The summed E-state index contributed by atoms with van der Waals surface area (Å²) < 4.78 is 6.34. The molecule has 3 heteroatoms. The van der Waals surface area contributed by atoms with Crippen molar-refractivity contribution in [3.63, 3.8) is 0 Å². The summed E-state index contributed by atoms with van der Waals surface area (Å²) in [6.07, 6.45) is 0. The second kappa shape index (κ2) is 5.95. The molecule has 2 rings (SSSR count). The van der Waals surface area contributed by atoms with E-state index in [1.807, 2.05) is 51.1 Å². The van der Waals surface area contributed by atoms with E-state index in [1.54, 1.807) is 7.11 Å². The third-order valence-corrected chi connectivity index (χ3v) is 3.98. The van der Waals surface area contributed by atoms with Crippen LogP contribution in [0, 0.1) is 24.3 Å². The molecule has 0 radical (unpaired) electrons. The van der Waals surface area contributed by atoms with E-state index >= 15 is 0 Å². The number of ether oxygens (including phenoxy) is 1. The molecule has 0 aromatic heterocycles. The largest absolute Gasteiger partial charge is 0.496 e. The molecule has 0 fully saturated rings. The molecule has 0 N–H and O–H groups in total. The van der Waals surface area contributed by atoms with Gasteiger partial charge in [-0.25, -0.2) is 0 Å². The van der Waals surface area contributed by atoms with Crippen LogP contribution in [0.3, 0.4) is 0 Å². The summed E-state index contributed by atoms with van der Waals surface area (Å²) in [5.41, 5.74) is 4.58. The number of ketones is 1. The minimum atomic E-state index is 0.0235. The van der Waals surface area contributed by atoms with Crippen molar-refractivity contribution in [2.75, 3.05) is 7.11 Å². The van der Waals surface area contributed by atoms with Gasteiger partial charge in [-0.3, -0.25) is 4.79 Å². The Morgan fingerprint density at radius 3 is 2.20 bits per heavy atom. The van der Waals surface area contributed by atoms with Crippen LogP contribution < -0.4 is 4.74 Å². The number of halogens is 1. The Balaban J connectivity index is 2.60. The summed E-state index contributed by atoms with van der Waals surface area (Å²) in [5, 5.41) is 0. The fourth-order valence-electron chi connectivity index (χ4n) is 2.53. The minimum Gasteiger partial charge on any atom is -0.496 e. The molecule has 0 spiro atoms. The normalized spacial score (nSPS) is 10.4. The molecular weight excluding hydrogens is 363 g/mol. The summed E-state index contributed by atoms with van der Waals surface area (Å²) in [6, 6.07) is 9.74. The van der Waals surface area contributed by atoms with E-state index in [2.05, 4.69) is 22.6 Å². The van der Waals surface area contributed by atoms with E-state index in [9.17, 15) is 4.79 Å². The van der Waals surface area contributed by atoms with Gasteiger partial charge in [0, 0.05) is 9.13 Å². The second-order valence-corrected chi connectivity index (χ2v) is 6.19. The summed E-state index contributed by atoms with van der Waals surface area (Å²) in [4.78, 5) is 12.8. The molecule has 0 heterocycles. The zero-order valence-corrected chi connectivity index (χ0v) is 14.2. The number of aryl methyl sites for hydroxylation is 3. The van der Waals surface area contributed by atoms with Gasteiger partial charge in [-0.2, -0.15) is 0 Å². The first-order valence-corrected chi connectivity index (χ1v) is 7.48. The predicted octanol–water partition coefficient (Wildman–Crippen LogP) is 4.46. The molecule has 0 bridgehead atoms. The Labute approximate surface area is 133 Å². The molecule has 0 aliphatic carbocycles. The van der Waals surface area contributed by atoms with E-state index in [0.717, 1.165) is 20.3 Å². The first kappa shape index (κ1) is 15.0. The first-order chi connectivity index (χ1) is 9.43. The lowest BCUT2D eigenvalue weighted by Crippen LogP contribution is -2.09. The molecule has 2 nitrogen and oxygen atoms in total. The molecular formula is C17H17IO2. The van der Waals surface area contributed by atoms with Gasteiger partial charge in [-0.05, 0) is 72.7 Å². The van der Waals surface area contributed by atoms with Crippen molar-refractivity contribution >= 4 is 28.4 Å². The highest BCUT2D eigenvalue weighted by atomic mass is 127. The Hall–Kier alpha value is -1.36. The number of hydrogen-bond acceptors (Lipinski definition) is 2. The van der Waals surface area contributed by atoms with E-state index in [1.165, 1.54) is 5.56 Å². The zero-order chi connectivity index (χ0) is 14.9. The number of methoxy groups -OCH3 is 1. The number of rotatable bonds is 3. The Kier molecular flexibility index (Phi) is 4.48. The maximum Gasteiger partial charge on any atom is 0.197 e.